The lowest BCUT2D eigenvalue weighted by Crippen LogP contribution is -2.38. The lowest BCUT2D eigenvalue weighted by atomic mass is 9.91. The molecule has 0 fully saturated rings. The maximum Gasteiger partial charge on any atom is 0.336 e. The maximum absolute atomic E-state index is 14.1. The average Bonchev–Trinajstić information content (AvgIpc) is 2.58. The highest BCUT2D eigenvalue weighted by molar-refractivity contribution is 5.85. The molecule has 134 valence electrons. The van der Waals surface area contributed by atoms with E-state index in [1.54, 1.807) is 19.1 Å². The summed E-state index contributed by atoms with van der Waals surface area (Å²) in [6.45, 7) is 1.79. The molecule has 0 radical (unpaired) electrons. The summed E-state index contributed by atoms with van der Waals surface area (Å²) in [6.07, 6.45) is -0.770. The van der Waals surface area contributed by atoms with Gasteiger partial charge in [0.05, 0.1) is 6.04 Å². The molecule has 2 heterocycles. The van der Waals surface area contributed by atoms with Crippen LogP contribution in [0.2, 0.25) is 0 Å². The van der Waals surface area contributed by atoms with Gasteiger partial charge in [0.2, 0.25) is 0 Å². The van der Waals surface area contributed by atoms with Crippen LogP contribution in [0.15, 0.2) is 39.5 Å². The minimum atomic E-state index is -1.28. The van der Waals surface area contributed by atoms with E-state index in [-0.39, 0.29) is 12.0 Å². The van der Waals surface area contributed by atoms with Gasteiger partial charge in [0.1, 0.15) is 23.3 Å². The van der Waals surface area contributed by atoms with Crippen LogP contribution >= 0.6 is 0 Å². The van der Waals surface area contributed by atoms with Crippen molar-refractivity contribution in [3.63, 3.8) is 0 Å². The molecule has 0 amide bonds. The zero-order chi connectivity index (χ0) is 18.6. The monoisotopic (exact) mass is 361 g/mol. The van der Waals surface area contributed by atoms with Gasteiger partial charge in [0.15, 0.2) is 11.6 Å². The van der Waals surface area contributed by atoms with Gasteiger partial charge in [-0.2, -0.15) is 0 Å². The van der Waals surface area contributed by atoms with E-state index in [4.69, 9.17) is 14.9 Å². The first-order chi connectivity index (χ1) is 12.3. The molecular formula is C19H14F3NO3. The number of hydrogen-bond acceptors (Lipinski definition) is 4. The summed E-state index contributed by atoms with van der Waals surface area (Å²) in [5.74, 6) is -3.03. The highest BCUT2D eigenvalue weighted by Crippen LogP contribution is 2.39. The normalized spacial score (nSPS) is 19.3. The van der Waals surface area contributed by atoms with Crippen LogP contribution in [0.1, 0.15) is 22.8 Å². The van der Waals surface area contributed by atoms with Crippen molar-refractivity contribution in [2.45, 2.75) is 25.5 Å². The highest BCUT2D eigenvalue weighted by Gasteiger charge is 2.33. The second-order valence-electron chi connectivity index (χ2n) is 6.36. The smallest absolute Gasteiger partial charge is 0.336 e. The molecule has 4 nitrogen and oxygen atoms in total. The summed E-state index contributed by atoms with van der Waals surface area (Å²) in [5, 5.41) is 0.747. The van der Waals surface area contributed by atoms with Crippen molar-refractivity contribution >= 4 is 11.0 Å². The van der Waals surface area contributed by atoms with Gasteiger partial charge in [-0.05, 0) is 37.1 Å². The molecule has 1 aliphatic rings. The number of rotatable bonds is 1. The van der Waals surface area contributed by atoms with Crippen molar-refractivity contribution in [1.29, 1.82) is 0 Å². The summed E-state index contributed by atoms with van der Waals surface area (Å²) in [5.41, 5.74) is 7.18. The van der Waals surface area contributed by atoms with Crippen molar-refractivity contribution in [2.24, 2.45) is 5.73 Å². The molecule has 1 aromatic heterocycles. The topological polar surface area (TPSA) is 65.5 Å². The Morgan fingerprint density at radius 2 is 1.81 bits per heavy atom. The van der Waals surface area contributed by atoms with Crippen molar-refractivity contribution in [3.05, 3.63) is 74.9 Å². The SMILES string of the molecule is Cc1cc(=O)oc2c3c(ccc12)OC(c1cc(F)c(F)cc1F)[C@@H](N)C3. The van der Waals surface area contributed by atoms with Crippen LogP contribution in [0.25, 0.3) is 11.0 Å². The number of nitrogens with two attached hydrogens (primary N) is 1. The molecule has 2 N–H and O–H groups in total. The first-order valence-corrected chi connectivity index (χ1v) is 7.98. The van der Waals surface area contributed by atoms with E-state index < -0.39 is 35.2 Å². The Hall–Kier alpha value is -2.80. The van der Waals surface area contributed by atoms with Crippen molar-refractivity contribution in [2.75, 3.05) is 0 Å². The van der Waals surface area contributed by atoms with Gasteiger partial charge in [-0.3, -0.25) is 0 Å². The molecule has 4 rings (SSSR count). The Labute approximate surface area is 146 Å². The fourth-order valence-electron chi connectivity index (χ4n) is 3.34. The van der Waals surface area contributed by atoms with Crippen molar-refractivity contribution in [3.8, 4) is 5.75 Å². The lowest BCUT2D eigenvalue weighted by Gasteiger charge is -2.32. The fourth-order valence-corrected chi connectivity index (χ4v) is 3.34. The Kier molecular flexibility index (Phi) is 3.77. The van der Waals surface area contributed by atoms with Crippen LogP contribution in [0.3, 0.4) is 0 Å². The molecule has 0 spiro atoms. The minimum Gasteiger partial charge on any atom is -0.484 e. The van der Waals surface area contributed by atoms with E-state index in [0.29, 0.717) is 23.0 Å². The number of hydrogen-bond donors (Lipinski definition) is 1. The van der Waals surface area contributed by atoms with Gasteiger partial charge in [0.25, 0.3) is 0 Å². The zero-order valence-corrected chi connectivity index (χ0v) is 13.7. The third kappa shape index (κ3) is 2.55. The summed E-state index contributed by atoms with van der Waals surface area (Å²) in [6, 6.07) is 5.27. The molecule has 7 heteroatoms. The van der Waals surface area contributed by atoms with E-state index in [9.17, 15) is 18.0 Å². The van der Waals surface area contributed by atoms with E-state index in [0.717, 1.165) is 17.0 Å². The zero-order valence-electron chi connectivity index (χ0n) is 13.7. The number of ether oxygens (including phenoxy) is 1. The van der Waals surface area contributed by atoms with E-state index in [1.165, 1.54) is 6.07 Å². The van der Waals surface area contributed by atoms with Gasteiger partial charge >= 0.3 is 5.63 Å². The molecule has 0 saturated heterocycles. The van der Waals surface area contributed by atoms with Crippen LogP contribution in [0, 0.1) is 24.4 Å². The van der Waals surface area contributed by atoms with E-state index in [1.807, 2.05) is 0 Å². The molecule has 3 aromatic rings. The van der Waals surface area contributed by atoms with Crippen LogP contribution in [0.5, 0.6) is 5.75 Å². The molecule has 26 heavy (non-hydrogen) atoms. The van der Waals surface area contributed by atoms with Crippen molar-refractivity contribution < 1.29 is 22.3 Å². The Morgan fingerprint density at radius 1 is 1.08 bits per heavy atom. The second kappa shape index (κ2) is 5.88. The number of halogens is 3. The van der Waals surface area contributed by atoms with Crippen LogP contribution in [-0.4, -0.2) is 6.04 Å². The number of aryl methyl sites for hydroxylation is 1. The van der Waals surface area contributed by atoms with E-state index in [2.05, 4.69) is 0 Å². The number of benzene rings is 2. The second-order valence-corrected chi connectivity index (χ2v) is 6.36. The molecule has 0 bridgehead atoms. The largest absolute Gasteiger partial charge is 0.484 e. The fraction of sp³-hybridized carbons (Fsp3) is 0.211. The van der Waals surface area contributed by atoms with Gasteiger partial charge in [-0.15, -0.1) is 0 Å². The number of fused-ring (bicyclic) bond motifs is 3. The lowest BCUT2D eigenvalue weighted by molar-refractivity contribution is 0.149. The molecule has 2 aromatic carbocycles. The Morgan fingerprint density at radius 3 is 2.58 bits per heavy atom. The summed E-state index contributed by atoms with van der Waals surface area (Å²) < 4.78 is 51.9. The van der Waals surface area contributed by atoms with Crippen LogP contribution in [-0.2, 0) is 6.42 Å². The molecular weight excluding hydrogens is 347 g/mol. The average molecular weight is 361 g/mol. The molecule has 0 aliphatic carbocycles. The summed E-state index contributed by atoms with van der Waals surface area (Å²) >= 11 is 0. The molecule has 1 unspecified atom stereocenters. The van der Waals surface area contributed by atoms with Gasteiger partial charge < -0.3 is 14.9 Å². The first kappa shape index (κ1) is 16.7. The quantitative estimate of drug-likeness (QED) is 0.532. The molecule has 2 atom stereocenters. The van der Waals surface area contributed by atoms with E-state index >= 15 is 0 Å². The van der Waals surface area contributed by atoms with Crippen molar-refractivity contribution in [1.82, 2.24) is 0 Å². The summed E-state index contributed by atoms with van der Waals surface area (Å²) in [7, 11) is 0. The molecule has 1 aliphatic heterocycles. The van der Waals surface area contributed by atoms with Gasteiger partial charge in [-0.1, -0.05) is 0 Å². The Bertz CT molecular complexity index is 1090. The predicted molar refractivity (Wildman–Crippen MR) is 88.6 cm³/mol. The minimum absolute atomic E-state index is 0.159. The highest BCUT2D eigenvalue weighted by atomic mass is 19.2. The van der Waals surface area contributed by atoms with Crippen LogP contribution < -0.4 is 16.1 Å². The third-order valence-corrected chi connectivity index (χ3v) is 4.61. The molecule has 0 saturated carbocycles. The first-order valence-electron chi connectivity index (χ1n) is 7.98. The van der Waals surface area contributed by atoms with Gasteiger partial charge in [0, 0.05) is 28.6 Å². The maximum atomic E-state index is 14.1. The summed E-state index contributed by atoms with van der Waals surface area (Å²) in [4.78, 5) is 11.7. The van der Waals surface area contributed by atoms with Gasteiger partial charge in [-0.25, -0.2) is 18.0 Å². The third-order valence-electron chi connectivity index (χ3n) is 4.61. The standard InChI is InChI=1S/C19H14F3NO3/c1-8-4-17(24)26-18-9(8)2-3-16-11(18)6-15(23)19(25-16)10-5-13(21)14(22)7-12(10)20/h2-5,7,15,19H,6,23H2,1H3/t15-,19?/m0/s1. The Balaban J connectivity index is 1.84. The predicted octanol–water partition coefficient (Wildman–Crippen LogP) is 3.52. The van der Waals surface area contributed by atoms with Crippen LogP contribution in [0.4, 0.5) is 13.2 Å².